The largest absolute Gasteiger partial charge is 0.376 e. The molecule has 2 rings (SSSR count). The van der Waals surface area contributed by atoms with Crippen LogP contribution in [0.5, 0.6) is 0 Å². The Morgan fingerprint density at radius 1 is 1.53 bits per heavy atom. The molecule has 1 amide bonds. The molecule has 0 spiro atoms. The zero-order valence-electron chi connectivity index (χ0n) is 12.3. The molecule has 1 saturated carbocycles. The molecule has 1 saturated heterocycles. The Labute approximate surface area is 115 Å². The fourth-order valence-corrected chi connectivity index (χ4v) is 3.55. The van der Waals surface area contributed by atoms with E-state index in [9.17, 15) is 4.79 Å². The van der Waals surface area contributed by atoms with Crippen LogP contribution in [0.25, 0.3) is 0 Å². The zero-order chi connectivity index (χ0) is 14.0. The molecule has 0 radical (unpaired) electrons. The van der Waals surface area contributed by atoms with E-state index in [2.05, 4.69) is 24.1 Å². The van der Waals surface area contributed by atoms with Crippen LogP contribution in [-0.4, -0.2) is 54.2 Å². The molecule has 5 nitrogen and oxygen atoms in total. The van der Waals surface area contributed by atoms with E-state index in [-0.39, 0.29) is 12.0 Å². The van der Waals surface area contributed by atoms with Crippen LogP contribution in [0, 0.1) is 0 Å². The average molecular weight is 269 g/mol. The highest BCUT2D eigenvalue weighted by atomic mass is 16.5. The van der Waals surface area contributed by atoms with Gasteiger partial charge < -0.3 is 15.8 Å². The quantitative estimate of drug-likeness (QED) is 0.779. The average Bonchev–Trinajstić information content (AvgIpc) is 2.78. The lowest BCUT2D eigenvalue weighted by Crippen LogP contribution is -2.56. The Hall–Kier alpha value is -0.650. The first-order valence-electron chi connectivity index (χ1n) is 7.41. The van der Waals surface area contributed by atoms with Gasteiger partial charge in [0.05, 0.1) is 18.2 Å². The van der Waals surface area contributed by atoms with Gasteiger partial charge in [0.15, 0.2) is 0 Å². The van der Waals surface area contributed by atoms with Crippen molar-refractivity contribution < 1.29 is 9.53 Å². The van der Waals surface area contributed by atoms with Gasteiger partial charge in [0.2, 0.25) is 5.91 Å². The van der Waals surface area contributed by atoms with Gasteiger partial charge in [-0.3, -0.25) is 9.69 Å². The number of ether oxygens (including phenoxy) is 1. The number of carbonyl (C=O) groups is 1. The number of likely N-dealkylation sites (N-methyl/N-ethyl adjacent to an activating group) is 1. The van der Waals surface area contributed by atoms with Gasteiger partial charge in [0, 0.05) is 18.6 Å². The maximum Gasteiger partial charge on any atom is 0.237 e. The lowest BCUT2D eigenvalue weighted by Gasteiger charge is -2.41. The van der Waals surface area contributed by atoms with Gasteiger partial charge in [-0.15, -0.1) is 0 Å². The summed E-state index contributed by atoms with van der Waals surface area (Å²) in [5, 5.41) is 3.32. The van der Waals surface area contributed by atoms with Crippen molar-refractivity contribution in [2.75, 3.05) is 19.7 Å². The van der Waals surface area contributed by atoms with Gasteiger partial charge in [-0.1, -0.05) is 6.92 Å². The van der Waals surface area contributed by atoms with Crippen LogP contribution in [0.15, 0.2) is 0 Å². The molecule has 110 valence electrons. The number of amides is 1. The fourth-order valence-electron chi connectivity index (χ4n) is 3.55. The molecule has 0 aromatic carbocycles. The minimum Gasteiger partial charge on any atom is -0.376 e. The van der Waals surface area contributed by atoms with Crippen LogP contribution in [0.1, 0.15) is 40.0 Å². The number of nitrogens with zero attached hydrogens (tertiary/aromatic N) is 1. The minimum absolute atomic E-state index is 0.203. The number of rotatable bonds is 4. The molecule has 1 heterocycles. The summed E-state index contributed by atoms with van der Waals surface area (Å²) in [6.45, 7) is 8.85. The molecule has 2 aliphatic rings. The van der Waals surface area contributed by atoms with E-state index < -0.39 is 5.54 Å². The lowest BCUT2D eigenvalue weighted by atomic mass is 9.95. The maximum absolute atomic E-state index is 11.8. The molecule has 0 bridgehead atoms. The molecule has 1 aliphatic heterocycles. The summed E-state index contributed by atoms with van der Waals surface area (Å²) < 4.78 is 5.68. The van der Waals surface area contributed by atoms with Crippen molar-refractivity contribution in [2.45, 2.75) is 63.8 Å². The fraction of sp³-hybridized carbons (Fsp3) is 0.929. The van der Waals surface area contributed by atoms with Crippen LogP contribution in [0.3, 0.4) is 0 Å². The Balaban J connectivity index is 2.05. The van der Waals surface area contributed by atoms with Crippen LogP contribution < -0.4 is 11.1 Å². The molecular formula is C14H27N3O2. The minimum atomic E-state index is -0.499. The number of nitrogens with one attached hydrogen (secondary N) is 1. The van der Waals surface area contributed by atoms with Crippen molar-refractivity contribution in [3.63, 3.8) is 0 Å². The van der Waals surface area contributed by atoms with Gasteiger partial charge in [0.25, 0.3) is 0 Å². The van der Waals surface area contributed by atoms with Crippen LogP contribution in [-0.2, 0) is 9.53 Å². The summed E-state index contributed by atoms with van der Waals surface area (Å²) in [7, 11) is 0. The molecule has 4 unspecified atom stereocenters. The van der Waals surface area contributed by atoms with E-state index in [4.69, 9.17) is 10.5 Å². The second kappa shape index (κ2) is 5.77. The maximum atomic E-state index is 11.8. The summed E-state index contributed by atoms with van der Waals surface area (Å²) in [4.78, 5) is 14.3. The van der Waals surface area contributed by atoms with Crippen molar-refractivity contribution in [1.29, 1.82) is 0 Å². The Morgan fingerprint density at radius 3 is 2.89 bits per heavy atom. The van der Waals surface area contributed by atoms with Gasteiger partial charge in [-0.25, -0.2) is 0 Å². The van der Waals surface area contributed by atoms with Crippen molar-refractivity contribution in [3.05, 3.63) is 0 Å². The number of hydrogen-bond acceptors (Lipinski definition) is 4. The second-order valence-electron chi connectivity index (χ2n) is 6.06. The van der Waals surface area contributed by atoms with Gasteiger partial charge in [-0.2, -0.15) is 0 Å². The highest BCUT2D eigenvalue weighted by Crippen LogP contribution is 2.35. The summed E-state index contributed by atoms with van der Waals surface area (Å²) in [6, 6.07) is 0.861. The number of morpholine rings is 1. The predicted octanol–water partition coefficient (Wildman–Crippen LogP) is 0.482. The smallest absolute Gasteiger partial charge is 0.237 e. The molecular weight excluding hydrogens is 242 g/mol. The van der Waals surface area contributed by atoms with E-state index in [0.29, 0.717) is 12.1 Å². The molecule has 1 aliphatic carbocycles. The van der Waals surface area contributed by atoms with Gasteiger partial charge in [0.1, 0.15) is 0 Å². The molecule has 2 fully saturated rings. The first kappa shape index (κ1) is 14.8. The third-order valence-electron chi connectivity index (χ3n) is 4.60. The summed E-state index contributed by atoms with van der Waals surface area (Å²) in [5.74, 6) is -0.203. The van der Waals surface area contributed by atoms with E-state index in [1.807, 2.05) is 6.92 Å². The van der Waals surface area contributed by atoms with Gasteiger partial charge >= 0.3 is 0 Å². The lowest BCUT2D eigenvalue weighted by molar-refractivity contribution is -0.124. The Kier molecular flexibility index (Phi) is 4.48. The zero-order valence-corrected chi connectivity index (χ0v) is 12.3. The number of primary amides is 1. The highest BCUT2D eigenvalue weighted by Gasteiger charge is 2.46. The summed E-state index contributed by atoms with van der Waals surface area (Å²) in [6.07, 6.45) is 2.98. The molecule has 4 atom stereocenters. The van der Waals surface area contributed by atoms with Crippen LogP contribution in [0.2, 0.25) is 0 Å². The highest BCUT2D eigenvalue weighted by molar-refractivity contribution is 5.85. The Morgan fingerprint density at radius 2 is 2.26 bits per heavy atom. The van der Waals surface area contributed by atoms with Crippen molar-refractivity contribution in [2.24, 2.45) is 5.73 Å². The molecule has 19 heavy (non-hydrogen) atoms. The molecule has 3 N–H and O–H groups in total. The van der Waals surface area contributed by atoms with E-state index >= 15 is 0 Å². The second-order valence-corrected chi connectivity index (χ2v) is 6.06. The topological polar surface area (TPSA) is 67.6 Å². The molecule has 0 aromatic rings. The summed E-state index contributed by atoms with van der Waals surface area (Å²) >= 11 is 0. The van der Waals surface area contributed by atoms with Crippen molar-refractivity contribution in [1.82, 2.24) is 10.2 Å². The Bertz CT molecular complexity index is 337. The van der Waals surface area contributed by atoms with Crippen molar-refractivity contribution >= 4 is 5.91 Å². The van der Waals surface area contributed by atoms with Gasteiger partial charge in [-0.05, 0) is 39.7 Å². The molecule has 0 aromatic heterocycles. The first-order chi connectivity index (χ1) is 8.98. The number of carbonyl (C=O) groups excluding carboxylic acids is 1. The van der Waals surface area contributed by atoms with E-state index in [1.54, 1.807) is 0 Å². The third-order valence-corrected chi connectivity index (χ3v) is 4.60. The number of hydrogen-bond donors (Lipinski definition) is 2. The van der Waals surface area contributed by atoms with E-state index in [0.717, 1.165) is 39.0 Å². The standard InChI is InChI=1S/C14H27N3O2/c1-4-16-14(13(15)18)6-5-12(7-14)17-8-11(3)19-9-10(17)2/h10-12,16H,4-9H2,1-3H3,(H2,15,18). The predicted molar refractivity (Wildman–Crippen MR) is 74.8 cm³/mol. The monoisotopic (exact) mass is 269 g/mol. The molecule has 5 heteroatoms. The van der Waals surface area contributed by atoms with Crippen LogP contribution in [0.4, 0.5) is 0 Å². The summed E-state index contributed by atoms with van der Waals surface area (Å²) in [5.41, 5.74) is 5.13. The third kappa shape index (κ3) is 2.93. The first-order valence-corrected chi connectivity index (χ1v) is 7.41. The van der Waals surface area contributed by atoms with Crippen LogP contribution >= 0.6 is 0 Å². The SMILES string of the molecule is CCNC1(C(N)=O)CCC(N2CC(C)OCC2C)C1. The van der Waals surface area contributed by atoms with Crippen molar-refractivity contribution in [3.8, 4) is 0 Å². The normalized spacial score (nSPS) is 40.5. The van der Waals surface area contributed by atoms with E-state index in [1.165, 1.54) is 0 Å². The number of nitrogens with two attached hydrogens (primary N) is 1.